The van der Waals surface area contributed by atoms with Crippen molar-refractivity contribution in [2.75, 3.05) is 39.8 Å². The Morgan fingerprint density at radius 3 is 2.54 bits per heavy atom. The van der Waals surface area contributed by atoms with Gasteiger partial charge in [-0.2, -0.15) is 0 Å². The summed E-state index contributed by atoms with van der Waals surface area (Å²) in [5.41, 5.74) is 3.29. The zero-order valence-electron chi connectivity index (χ0n) is 23.3. The average Bonchev–Trinajstić information content (AvgIpc) is 3.17. The number of rotatable bonds is 6. The first-order chi connectivity index (χ1) is 18.0. The van der Waals surface area contributed by atoms with Gasteiger partial charge < -0.3 is 19.9 Å². The molecule has 200 valence electrons. The number of ether oxygens (including phenoxy) is 1. The number of nitrogens with zero attached hydrogens (tertiary/aromatic N) is 3. The fraction of sp³-hybridized carbons (Fsp3) is 0.484. The Morgan fingerprint density at radius 1 is 1.22 bits per heavy atom. The Kier molecular flexibility index (Phi) is 10.8. The third-order valence-corrected chi connectivity index (χ3v) is 7.56. The van der Waals surface area contributed by atoms with Gasteiger partial charge in [0.25, 0.3) is 5.91 Å². The third-order valence-electron chi connectivity index (χ3n) is 7.56. The number of hydrogen-bond acceptors (Lipinski definition) is 4. The zero-order chi connectivity index (χ0) is 26.8. The second-order valence-electron chi connectivity index (χ2n) is 9.61. The molecule has 1 fully saturated rings. The van der Waals surface area contributed by atoms with Crippen LogP contribution in [0.4, 0.5) is 0 Å². The maximum absolute atomic E-state index is 12.9. The summed E-state index contributed by atoms with van der Waals surface area (Å²) in [5, 5.41) is 2.81. The smallest absolute Gasteiger partial charge is 0.253 e. The van der Waals surface area contributed by atoms with E-state index in [0.717, 1.165) is 62.1 Å². The van der Waals surface area contributed by atoms with Crippen LogP contribution in [0.25, 0.3) is 0 Å². The van der Waals surface area contributed by atoms with Crippen molar-refractivity contribution in [2.24, 2.45) is 10.9 Å². The van der Waals surface area contributed by atoms with Crippen LogP contribution in [-0.4, -0.2) is 61.3 Å². The van der Waals surface area contributed by atoms with E-state index < -0.39 is 0 Å². The summed E-state index contributed by atoms with van der Waals surface area (Å²) in [7, 11) is 1.73. The maximum atomic E-state index is 12.9. The molecule has 1 aromatic carbocycles. The molecular weight excluding hydrogens is 460 g/mol. The lowest BCUT2D eigenvalue weighted by Gasteiger charge is -2.39. The summed E-state index contributed by atoms with van der Waals surface area (Å²) in [6, 6.07) is 6.13. The number of allylic oxidation sites excluding steroid dienone is 5. The van der Waals surface area contributed by atoms with E-state index >= 15 is 0 Å². The number of fused-ring (bicyclic) bond motifs is 1. The van der Waals surface area contributed by atoms with Gasteiger partial charge in [-0.15, -0.1) is 0 Å². The Hall–Kier alpha value is -3.12. The van der Waals surface area contributed by atoms with Crippen LogP contribution in [0.15, 0.2) is 71.6 Å². The first-order valence-electron chi connectivity index (χ1n) is 13.7. The fourth-order valence-corrected chi connectivity index (χ4v) is 5.33. The second kappa shape index (κ2) is 14.0. The fourth-order valence-electron chi connectivity index (χ4n) is 5.33. The summed E-state index contributed by atoms with van der Waals surface area (Å²) >= 11 is 0. The molecule has 3 aliphatic rings. The molecule has 6 heteroatoms. The van der Waals surface area contributed by atoms with Crippen LogP contribution in [0.1, 0.15) is 68.8 Å². The highest BCUT2D eigenvalue weighted by atomic mass is 16.5. The van der Waals surface area contributed by atoms with E-state index in [9.17, 15) is 4.79 Å². The summed E-state index contributed by atoms with van der Waals surface area (Å²) in [6.07, 6.45) is 13.5. The summed E-state index contributed by atoms with van der Waals surface area (Å²) in [6.45, 7) is 16.5. The standard InChI is InChI=1S/C26H34N2O2.C5H10N2/c1-4-27-16-14-19(15-17-27)25-21-10-8-7-9-11-23(21)30-24-18-20(12-13-22(24)25)26(29)28(5-2)6-3;1-4-7-5(2)6-3/h7-10,12-13,18-19,25H,4-6,11,14-17H2,1-3H3;4H,1H2,2-3H3,(H,6,7). The average molecular weight is 505 g/mol. The molecule has 2 aliphatic heterocycles. The number of likely N-dealkylation sites (tertiary alicyclic amines) is 1. The molecule has 1 N–H and O–H groups in total. The van der Waals surface area contributed by atoms with E-state index in [1.165, 1.54) is 24.0 Å². The van der Waals surface area contributed by atoms with Crippen LogP contribution in [0.5, 0.6) is 5.75 Å². The van der Waals surface area contributed by atoms with Crippen LogP contribution in [0, 0.1) is 5.92 Å². The molecule has 6 nitrogen and oxygen atoms in total. The van der Waals surface area contributed by atoms with Gasteiger partial charge in [0.2, 0.25) is 0 Å². The van der Waals surface area contributed by atoms with Gasteiger partial charge in [0.1, 0.15) is 11.5 Å². The van der Waals surface area contributed by atoms with Crippen LogP contribution < -0.4 is 10.1 Å². The van der Waals surface area contributed by atoms with Gasteiger partial charge in [-0.1, -0.05) is 43.9 Å². The van der Waals surface area contributed by atoms with Crippen molar-refractivity contribution in [1.82, 2.24) is 15.1 Å². The van der Waals surface area contributed by atoms with Crippen LogP contribution >= 0.6 is 0 Å². The predicted octanol–water partition coefficient (Wildman–Crippen LogP) is 5.91. The minimum atomic E-state index is 0.0830. The highest BCUT2D eigenvalue weighted by Gasteiger charge is 2.36. The van der Waals surface area contributed by atoms with Gasteiger partial charge in [-0.05, 0) is 83.1 Å². The van der Waals surface area contributed by atoms with E-state index in [4.69, 9.17) is 4.74 Å². The third kappa shape index (κ3) is 7.01. The lowest BCUT2D eigenvalue weighted by atomic mass is 9.73. The molecule has 4 rings (SSSR count). The number of carbonyl (C=O) groups is 1. The van der Waals surface area contributed by atoms with Gasteiger partial charge >= 0.3 is 0 Å². The van der Waals surface area contributed by atoms with Gasteiger partial charge in [-0.3, -0.25) is 9.79 Å². The topological polar surface area (TPSA) is 57.2 Å². The minimum absolute atomic E-state index is 0.0830. The molecule has 1 aromatic rings. The van der Waals surface area contributed by atoms with Crippen molar-refractivity contribution in [2.45, 2.75) is 52.9 Å². The Labute approximate surface area is 223 Å². The maximum Gasteiger partial charge on any atom is 0.253 e. The molecule has 0 spiro atoms. The second-order valence-corrected chi connectivity index (χ2v) is 9.61. The van der Waals surface area contributed by atoms with E-state index in [0.29, 0.717) is 11.8 Å². The van der Waals surface area contributed by atoms with Crippen LogP contribution in [0.3, 0.4) is 0 Å². The van der Waals surface area contributed by atoms with Crippen molar-refractivity contribution in [3.63, 3.8) is 0 Å². The normalized spacial score (nSPS) is 19.6. The highest BCUT2D eigenvalue weighted by molar-refractivity contribution is 5.94. The molecule has 1 amide bonds. The molecular formula is C31H44N4O2. The van der Waals surface area contributed by atoms with Gasteiger partial charge in [0, 0.05) is 43.6 Å². The van der Waals surface area contributed by atoms with Crippen molar-refractivity contribution >= 4 is 11.7 Å². The van der Waals surface area contributed by atoms with Gasteiger partial charge in [0.05, 0.1) is 5.84 Å². The molecule has 0 aromatic heterocycles. The number of nitrogens with one attached hydrogen (secondary N) is 1. The number of hydrogen-bond donors (Lipinski definition) is 1. The lowest BCUT2D eigenvalue weighted by Crippen LogP contribution is -2.36. The van der Waals surface area contributed by atoms with Crippen molar-refractivity contribution in [3.05, 3.63) is 77.7 Å². The van der Waals surface area contributed by atoms with E-state index in [1.54, 1.807) is 13.2 Å². The number of carbonyl (C=O) groups excluding carboxylic acids is 1. The molecule has 0 radical (unpaired) electrons. The Morgan fingerprint density at radius 2 is 1.95 bits per heavy atom. The number of aliphatic imine (C=N–C) groups is 1. The molecule has 1 atom stereocenters. The molecule has 1 unspecified atom stereocenters. The Balaban J connectivity index is 0.000000479. The van der Waals surface area contributed by atoms with E-state index in [-0.39, 0.29) is 5.91 Å². The quantitative estimate of drug-likeness (QED) is 0.386. The van der Waals surface area contributed by atoms with E-state index in [1.807, 2.05) is 37.8 Å². The number of benzene rings is 1. The van der Waals surface area contributed by atoms with Crippen molar-refractivity contribution in [1.29, 1.82) is 0 Å². The highest BCUT2D eigenvalue weighted by Crippen LogP contribution is 2.48. The van der Waals surface area contributed by atoms with Crippen LogP contribution in [0.2, 0.25) is 0 Å². The summed E-state index contributed by atoms with van der Waals surface area (Å²) in [4.78, 5) is 21.1. The van der Waals surface area contributed by atoms with Crippen molar-refractivity contribution < 1.29 is 9.53 Å². The molecule has 1 aliphatic carbocycles. The molecule has 0 bridgehead atoms. The SMILES string of the molecule is C=CNC(C)=NC.CCN1CCC(C2C3=C(CC=CC=C3)Oc3cc(C(=O)N(CC)CC)ccc32)CC1. The number of amidine groups is 1. The van der Waals surface area contributed by atoms with Crippen LogP contribution in [-0.2, 0) is 0 Å². The first kappa shape index (κ1) is 28.5. The zero-order valence-corrected chi connectivity index (χ0v) is 23.3. The van der Waals surface area contributed by atoms with Crippen molar-refractivity contribution in [3.8, 4) is 5.75 Å². The van der Waals surface area contributed by atoms with Gasteiger partial charge in [-0.25, -0.2) is 0 Å². The predicted molar refractivity (Wildman–Crippen MR) is 154 cm³/mol. The monoisotopic (exact) mass is 504 g/mol. The molecule has 2 heterocycles. The molecule has 37 heavy (non-hydrogen) atoms. The van der Waals surface area contributed by atoms with E-state index in [2.05, 4.69) is 59.1 Å². The summed E-state index contributed by atoms with van der Waals surface area (Å²) < 4.78 is 6.41. The lowest BCUT2D eigenvalue weighted by molar-refractivity contribution is 0.0772. The summed E-state index contributed by atoms with van der Waals surface area (Å²) in [5.74, 6) is 3.83. The molecule has 1 saturated heterocycles. The van der Waals surface area contributed by atoms with Gasteiger partial charge in [0.15, 0.2) is 0 Å². The molecule has 0 saturated carbocycles. The number of piperidine rings is 1. The Bertz CT molecular complexity index is 1060. The number of amides is 1. The first-order valence-corrected chi connectivity index (χ1v) is 13.7. The largest absolute Gasteiger partial charge is 0.461 e. The minimum Gasteiger partial charge on any atom is -0.461 e.